The van der Waals surface area contributed by atoms with Crippen LogP contribution in [0.2, 0.25) is 0 Å². The summed E-state index contributed by atoms with van der Waals surface area (Å²) < 4.78 is 0. The number of rotatable bonds is 7. The fraction of sp³-hybridized carbons (Fsp3) is 1.00. The van der Waals surface area contributed by atoms with Crippen LogP contribution in [0, 0.1) is 0 Å². The maximum absolute atomic E-state index is 4.97. The Balaban J connectivity index is 2.97. The third-order valence-corrected chi connectivity index (χ3v) is 1.11. The first-order valence-corrected chi connectivity index (χ1v) is 3.65. The second-order valence-electron chi connectivity index (χ2n) is 2.19. The van der Waals surface area contributed by atoms with Gasteiger partial charge in [-0.3, -0.25) is 9.68 Å². The molecule has 0 aromatic carbocycles. The average Bonchev–Trinajstić information content (AvgIpc) is 1.99. The van der Waals surface area contributed by atoms with Gasteiger partial charge in [0.2, 0.25) is 0 Å². The van der Waals surface area contributed by atoms with E-state index in [2.05, 4.69) is 28.0 Å². The third-order valence-electron chi connectivity index (χ3n) is 1.11. The summed E-state index contributed by atoms with van der Waals surface area (Å²) in [5.74, 6) is 0. The van der Waals surface area contributed by atoms with Crippen LogP contribution in [0.25, 0.3) is 0 Å². The maximum Gasteiger partial charge on any atom is 0.0789 e. The molecule has 0 unspecified atom stereocenters. The van der Waals surface area contributed by atoms with E-state index in [-0.39, 0.29) is 6.10 Å². The molecule has 5 heteroatoms. The van der Waals surface area contributed by atoms with Gasteiger partial charge in [-0.25, -0.2) is 0 Å². The van der Waals surface area contributed by atoms with E-state index in [1.54, 1.807) is 0 Å². The lowest BCUT2D eigenvalue weighted by atomic mass is 10.2. The van der Waals surface area contributed by atoms with Gasteiger partial charge in [-0.15, -0.1) is 0 Å². The fourth-order valence-electron chi connectivity index (χ4n) is 0.630. The molecule has 0 bridgehead atoms. The van der Waals surface area contributed by atoms with E-state index in [9.17, 15) is 0 Å². The van der Waals surface area contributed by atoms with Crippen molar-refractivity contribution in [1.82, 2.24) is 11.3 Å². The molecule has 0 saturated heterocycles. The minimum absolute atomic E-state index is 0.138. The van der Waals surface area contributed by atoms with Crippen LogP contribution in [0.3, 0.4) is 0 Å². The van der Waals surface area contributed by atoms with E-state index in [0.29, 0.717) is 0 Å². The third kappa shape index (κ3) is 7.70. The second-order valence-corrected chi connectivity index (χ2v) is 2.19. The van der Waals surface area contributed by atoms with Crippen molar-refractivity contribution in [3.05, 3.63) is 0 Å². The Bertz CT molecular complexity index is 82.2. The van der Waals surface area contributed by atoms with Crippen molar-refractivity contribution >= 4 is 0 Å². The lowest BCUT2D eigenvalue weighted by Crippen LogP contribution is -2.28. The van der Waals surface area contributed by atoms with Gasteiger partial charge in [0, 0.05) is 0 Å². The van der Waals surface area contributed by atoms with E-state index in [1.807, 2.05) is 6.92 Å². The van der Waals surface area contributed by atoms with Gasteiger partial charge in [0.15, 0.2) is 0 Å². The van der Waals surface area contributed by atoms with Crippen molar-refractivity contribution in [2.24, 2.45) is 0 Å². The predicted octanol–water partition coefficient (Wildman–Crippen LogP) is 0.694. The lowest BCUT2D eigenvalue weighted by Gasteiger charge is -2.10. The normalized spacial score (nSPS) is 13.4. The molecule has 0 spiro atoms. The molecule has 5 nitrogen and oxygen atoms in total. The van der Waals surface area contributed by atoms with Gasteiger partial charge in [0.25, 0.3) is 0 Å². The van der Waals surface area contributed by atoms with Crippen molar-refractivity contribution in [3.8, 4) is 0 Å². The van der Waals surface area contributed by atoms with Crippen LogP contribution in [0.1, 0.15) is 26.7 Å². The van der Waals surface area contributed by atoms with Crippen LogP contribution in [0.4, 0.5) is 0 Å². The van der Waals surface area contributed by atoms with Crippen LogP contribution in [-0.4, -0.2) is 13.2 Å². The summed E-state index contributed by atoms with van der Waals surface area (Å²) in [7, 11) is 1.44. The SMILES string of the molecule is CCC[C@@H](C)ONONOC. The number of hydrogen-bond donors (Lipinski definition) is 2. The van der Waals surface area contributed by atoms with Gasteiger partial charge in [-0.05, 0) is 13.3 Å². The quantitative estimate of drug-likeness (QED) is 0.428. The molecule has 0 fully saturated rings. The predicted molar refractivity (Wildman–Crippen MR) is 39.8 cm³/mol. The van der Waals surface area contributed by atoms with Gasteiger partial charge in [0.1, 0.15) is 0 Å². The molecule has 0 amide bonds. The molecule has 0 aromatic heterocycles. The highest BCUT2D eigenvalue weighted by Gasteiger charge is 1.98. The second kappa shape index (κ2) is 7.90. The van der Waals surface area contributed by atoms with Crippen molar-refractivity contribution in [2.75, 3.05) is 7.11 Å². The maximum atomic E-state index is 4.97. The van der Waals surface area contributed by atoms with Gasteiger partial charge in [0.05, 0.1) is 13.2 Å². The summed E-state index contributed by atoms with van der Waals surface area (Å²) >= 11 is 0. The molecule has 2 N–H and O–H groups in total. The molecule has 11 heavy (non-hydrogen) atoms. The van der Waals surface area contributed by atoms with Crippen LogP contribution < -0.4 is 11.3 Å². The van der Waals surface area contributed by atoms with Crippen molar-refractivity contribution in [1.29, 1.82) is 0 Å². The largest absolute Gasteiger partial charge is 0.279 e. The summed E-state index contributed by atoms with van der Waals surface area (Å²) in [4.78, 5) is 13.8. The molecule has 0 aromatic rings. The van der Waals surface area contributed by atoms with Crippen molar-refractivity contribution in [2.45, 2.75) is 32.8 Å². The fourth-order valence-corrected chi connectivity index (χ4v) is 0.630. The number of nitrogens with one attached hydrogen (secondary N) is 2. The van der Waals surface area contributed by atoms with Crippen LogP contribution in [-0.2, 0) is 14.6 Å². The summed E-state index contributed by atoms with van der Waals surface area (Å²) in [5.41, 5.74) is 4.34. The standard InChI is InChI=1S/C6H16N2O3/c1-4-5-6(2)10-8-11-7-9-3/h6-8H,4-5H2,1-3H3/t6-/m1/s1. The minimum Gasteiger partial charge on any atom is -0.279 e. The Hall–Kier alpha value is -0.200. The molecule has 0 saturated carbocycles. The molecular formula is C6H16N2O3. The van der Waals surface area contributed by atoms with Crippen molar-refractivity contribution < 1.29 is 14.6 Å². The summed E-state index contributed by atoms with van der Waals surface area (Å²) in [5, 5.41) is 0. The minimum atomic E-state index is 0.138. The van der Waals surface area contributed by atoms with Gasteiger partial charge in [-0.2, -0.15) is 4.94 Å². The lowest BCUT2D eigenvalue weighted by molar-refractivity contribution is -0.292. The summed E-state index contributed by atoms with van der Waals surface area (Å²) in [6.07, 6.45) is 2.21. The van der Waals surface area contributed by atoms with Gasteiger partial charge < -0.3 is 0 Å². The molecule has 0 rings (SSSR count). The van der Waals surface area contributed by atoms with E-state index >= 15 is 0 Å². The highest BCUT2D eigenvalue weighted by atomic mass is 17.1. The van der Waals surface area contributed by atoms with Crippen LogP contribution in [0.15, 0.2) is 0 Å². The Kier molecular flexibility index (Phi) is 7.76. The zero-order chi connectivity index (χ0) is 8.53. The van der Waals surface area contributed by atoms with Gasteiger partial charge in [-0.1, -0.05) is 24.6 Å². The van der Waals surface area contributed by atoms with Crippen LogP contribution >= 0.6 is 0 Å². The van der Waals surface area contributed by atoms with E-state index in [1.165, 1.54) is 7.11 Å². The zero-order valence-electron chi connectivity index (χ0n) is 7.22. The molecule has 0 aliphatic rings. The first kappa shape index (κ1) is 10.8. The van der Waals surface area contributed by atoms with E-state index in [4.69, 9.17) is 4.84 Å². The van der Waals surface area contributed by atoms with Crippen molar-refractivity contribution in [3.63, 3.8) is 0 Å². The summed E-state index contributed by atoms with van der Waals surface area (Å²) in [6.45, 7) is 4.04. The van der Waals surface area contributed by atoms with E-state index in [0.717, 1.165) is 12.8 Å². The average molecular weight is 164 g/mol. The smallest absolute Gasteiger partial charge is 0.0789 e. The molecule has 0 radical (unpaired) electrons. The highest BCUT2D eigenvalue weighted by molar-refractivity contribution is 4.43. The molecule has 0 aliphatic carbocycles. The van der Waals surface area contributed by atoms with Gasteiger partial charge >= 0.3 is 0 Å². The number of hydrogen-bond acceptors (Lipinski definition) is 5. The molecule has 0 aliphatic heterocycles. The van der Waals surface area contributed by atoms with Crippen LogP contribution in [0.5, 0.6) is 0 Å². The Morgan fingerprint density at radius 2 is 2.09 bits per heavy atom. The summed E-state index contributed by atoms with van der Waals surface area (Å²) in [6, 6.07) is 0. The first-order valence-electron chi connectivity index (χ1n) is 3.65. The Morgan fingerprint density at radius 1 is 1.36 bits per heavy atom. The molecule has 1 atom stereocenters. The highest BCUT2D eigenvalue weighted by Crippen LogP contribution is 1.97. The first-order chi connectivity index (χ1) is 5.31. The monoisotopic (exact) mass is 164 g/mol. The van der Waals surface area contributed by atoms with E-state index < -0.39 is 0 Å². The molecular weight excluding hydrogens is 148 g/mol. The molecule has 0 heterocycles. The Labute approximate surface area is 66.8 Å². The molecule has 68 valence electrons. The zero-order valence-corrected chi connectivity index (χ0v) is 7.22. The Morgan fingerprint density at radius 3 is 2.64 bits per heavy atom. The topological polar surface area (TPSA) is 51.8 Å².